The molecule has 206 valence electrons. The first-order valence-corrected chi connectivity index (χ1v) is 13.6. The van der Waals surface area contributed by atoms with Crippen molar-refractivity contribution in [2.24, 2.45) is 4.99 Å². The van der Waals surface area contributed by atoms with Gasteiger partial charge in [-0.3, -0.25) is 9.36 Å². The van der Waals surface area contributed by atoms with E-state index in [9.17, 15) is 9.59 Å². The third-order valence-electron chi connectivity index (χ3n) is 6.78. The number of nitrogens with zero attached hydrogens (tertiary/aromatic N) is 2. The second kappa shape index (κ2) is 11.5. The number of ether oxygens (including phenoxy) is 4. The monoisotopic (exact) mass is 550 g/mol. The molecule has 0 amide bonds. The number of carbonyl (C=O) groups excluding carboxylic acids is 1. The Kier molecular flexibility index (Phi) is 8.30. The number of carbonyl (C=O) groups is 1. The first kappa shape index (κ1) is 28.2. The van der Waals surface area contributed by atoms with Crippen molar-refractivity contribution in [1.82, 2.24) is 4.57 Å². The average Bonchev–Trinajstić information content (AvgIpc) is 3.22. The summed E-state index contributed by atoms with van der Waals surface area (Å²) in [6.45, 7) is 9.90. The van der Waals surface area contributed by atoms with E-state index in [1.54, 1.807) is 57.9 Å². The molecule has 0 fully saturated rings. The van der Waals surface area contributed by atoms with Crippen molar-refractivity contribution < 1.29 is 23.7 Å². The van der Waals surface area contributed by atoms with Crippen LogP contribution in [0, 0.1) is 6.92 Å². The Hall–Kier alpha value is -3.85. The predicted molar refractivity (Wildman–Crippen MR) is 152 cm³/mol. The molecular weight excluding hydrogens is 516 g/mol. The molecule has 0 N–H and O–H groups in total. The number of allylic oxidation sites excluding steroid dienone is 1. The second-order valence-electron chi connectivity index (χ2n) is 9.52. The Bertz CT molecular complexity index is 1630. The minimum absolute atomic E-state index is 0.196. The molecule has 9 heteroatoms. The lowest BCUT2D eigenvalue weighted by atomic mass is 9.95. The number of fused-ring (bicyclic) bond motifs is 1. The van der Waals surface area contributed by atoms with Crippen molar-refractivity contribution in [2.75, 3.05) is 27.9 Å². The lowest BCUT2D eigenvalue weighted by Gasteiger charge is -2.26. The smallest absolute Gasteiger partial charge is 0.338 e. The minimum Gasteiger partial charge on any atom is -0.497 e. The highest BCUT2D eigenvalue weighted by Crippen LogP contribution is 2.37. The zero-order valence-electron chi connectivity index (χ0n) is 23.6. The van der Waals surface area contributed by atoms with Gasteiger partial charge in [-0.25, -0.2) is 9.79 Å². The number of benzene rings is 2. The molecule has 0 spiro atoms. The number of aromatic nitrogens is 1. The van der Waals surface area contributed by atoms with E-state index in [1.165, 1.54) is 11.3 Å². The van der Waals surface area contributed by atoms with Crippen LogP contribution < -0.4 is 29.1 Å². The van der Waals surface area contributed by atoms with Crippen LogP contribution in [0.1, 0.15) is 61.9 Å². The van der Waals surface area contributed by atoms with Gasteiger partial charge in [0.25, 0.3) is 5.56 Å². The molecule has 0 radical (unpaired) electrons. The third kappa shape index (κ3) is 5.23. The summed E-state index contributed by atoms with van der Waals surface area (Å²) in [5, 5.41) is 0. The molecule has 1 aliphatic rings. The van der Waals surface area contributed by atoms with Gasteiger partial charge >= 0.3 is 5.97 Å². The van der Waals surface area contributed by atoms with Crippen LogP contribution >= 0.6 is 11.3 Å². The maximum absolute atomic E-state index is 14.0. The topological polar surface area (TPSA) is 88.4 Å². The average molecular weight is 551 g/mol. The lowest BCUT2D eigenvalue weighted by Crippen LogP contribution is -2.40. The maximum Gasteiger partial charge on any atom is 0.338 e. The van der Waals surface area contributed by atoms with Crippen molar-refractivity contribution in [3.63, 3.8) is 0 Å². The van der Waals surface area contributed by atoms with Crippen LogP contribution in [-0.4, -0.2) is 38.5 Å². The summed E-state index contributed by atoms with van der Waals surface area (Å²) in [6.07, 6.45) is 1.89. The first-order chi connectivity index (χ1) is 18.6. The van der Waals surface area contributed by atoms with Crippen LogP contribution in [0.4, 0.5) is 0 Å². The van der Waals surface area contributed by atoms with Crippen LogP contribution in [0.15, 0.2) is 51.4 Å². The SMILES string of the molecule is CCOC(=O)C1=C(C)N=c2s/c(=C\c3cc(C(C)C)c(OC)cc3C)c(=O)n2[C@H]1c1ccc(OC)cc1OC. The number of esters is 1. The van der Waals surface area contributed by atoms with E-state index in [0.29, 0.717) is 37.7 Å². The fraction of sp³-hybridized carbons (Fsp3) is 0.367. The van der Waals surface area contributed by atoms with E-state index in [2.05, 4.69) is 24.9 Å². The molecule has 39 heavy (non-hydrogen) atoms. The summed E-state index contributed by atoms with van der Waals surface area (Å²) in [5.41, 5.74) is 4.13. The Morgan fingerprint density at radius 2 is 1.79 bits per heavy atom. The van der Waals surface area contributed by atoms with E-state index >= 15 is 0 Å². The van der Waals surface area contributed by atoms with Crippen molar-refractivity contribution in [2.45, 2.75) is 46.6 Å². The van der Waals surface area contributed by atoms with Crippen LogP contribution in [0.2, 0.25) is 0 Å². The van der Waals surface area contributed by atoms with E-state index in [0.717, 1.165) is 22.4 Å². The maximum atomic E-state index is 14.0. The van der Waals surface area contributed by atoms with Crippen molar-refractivity contribution in [1.29, 1.82) is 0 Å². The molecular formula is C30H34N2O6S. The first-order valence-electron chi connectivity index (χ1n) is 12.7. The number of hydrogen-bond donors (Lipinski definition) is 0. The van der Waals surface area contributed by atoms with Crippen LogP contribution in [-0.2, 0) is 9.53 Å². The lowest BCUT2D eigenvalue weighted by molar-refractivity contribution is -0.139. The molecule has 1 aromatic heterocycles. The van der Waals surface area contributed by atoms with E-state index in [-0.39, 0.29) is 18.1 Å². The van der Waals surface area contributed by atoms with Gasteiger partial charge in [0.15, 0.2) is 4.80 Å². The van der Waals surface area contributed by atoms with Gasteiger partial charge in [-0.2, -0.15) is 0 Å². The molecule has 0 unspecified atom stereocenters. The Morgan fingerprint density at radius 1 is 1.08 bits per heavy atom. The van der Waals surface area contributed by atoms with Crippen LogP contribution in [0.25, 0.3) is 6.08 Å². The molecule has 0 aliphatic carbocycles. The Balaban J connectivity index is 2.00. The normalized spacial score (nSPS) is 15.2. The quantitative estimate of drug-likeness (QED) is 0.390. The second-order valence-corrected chi connectivity index (χ2v) is 10.5. The van der Waals surface area contributed by atoms with Gasteiger partial charge in [0, 0.05) is 11.6 Å². The van der Waals surface area contributed by atoms with Crippen molar-refractivity contribution in [3.8, 4) is 17.2 Å². The summed E-state index contributed by atoms with van der Waals surface area (Å²) in [5.74, 6) is 1.62. The largest absolute Gasteiger partial charge is 0.497 e. The summed E-state index contributed by atoms with van der Waals surface area (Å²) in [4.78, 5) is 32.4. The molecule has 1 atom stereocenters. The van der Waals surface area contributed by atoms with Crippen molar-refractivity contribution in [3.05, 3.63) is 83.5 Å². The number of thiazole rings is 1. The summed E-state index contributed by atoms with van der Waals surface area (Å²) < 4.78 is 24.1. The zero-order valence-corrected chi connectivity index (χ0v) is 24.4. The fourth-order valence-electron chi connectivity index (χ4n) is 4.77. The summed E-state index contributed by atoms with van der Waals surface area (Å²) >= 11 is 1.29. The zero-order chi connectivity index (χ0) is 28.4. The highest BCUT2D eigenvalue weighted by Gasteiger charge is 2.35. The van der Waals surface area contributed by atoms with E-state index in [1.807, 2.05) is 19.1 Å². The van der Waals surface area contributed by atoms with Gasteiger partial charge in [0.1, 0.15) is 23.3 Å². The van der Waals surface area contributed by atoms with E-state index in [4.69, 9.17) is 18.9 Å². The molecule has 3 aromatic rings. The summed E-state index contributed by atoms with van der Waals surface area (Å²) in [7, 11) is 4.77. The molecule has 2 heterocycles. The van der Waals surface area contributed by atoms with Gasteiger partial charge in [0.05, 0.1) is 43.7 Å². The highest BCUT2D eigenvalue weighted by molar-refractivity contribution is 7.07. The predicted octanol–water partition coefficient (Wildman–Crippen LogP) is 4.26. The van der Waals surface area contributed by atoms with Crippen LogP contribution in [0.5, 0.6) is 17.2 Å². The number of hydrogen-bond acceptors (Lipinski definition) is 8. The van der Waals surface area contributed by atoms with Gasteiger partial charge in [0.2, 0.25) is 0 Å². The number of methoxy groups -OCH3 is 3. The van der Waals surface area contributed by atoms with Gasteiger partial charge in [-0.05, 0) is 73.7 Å². The van der Waals surface area contributed by atoms with Gasteiger partial charge < -0.3 is 18.9 Å². The van der Waals surface area contributed by atoms with Crippen LogP contribution in [0.3, 0.4) is 0 Å². The summed E-state index contributed by atoms with van der Waals surface area (Å²) in [6, 6.07) is 8.59. The molecule has 1 aliphatic heterocycles. The van der Waals surface area contributed by atoms with E-state index < -0.39 is 12.0 Å². The molecule has 4 rings (SSSR count). The molecule has 0 saturated heterocycles. The Labute approximate surface area is 231 Å². The molecule has 8 nitrogen and oxygen atoms in total. The van der Waals surface area contributed by atoms with Crippen molar-refractivity contribution >= 4 is 23.4 Å². The number of aryl methyl sites for hydroxylation is 1. The molecule has 0 bridgehead atoms. The molecule has 2 aromatic carbocycles. The Morgan fingerprint density at radius 3 is 2.41 bits per heavy atom. The van der Waals surface area contributed by atoms with Gasteiger partial charge in [-0.15, -0.1) is 0 Å². The highest BCUT2D eigenvalue weighted by atomic mass is 32.1. The number of rotatable bonds is 8. The van der Waals surface area contributed by atoms with Gasteiger partial charge in [-0.1, -0.05) is 25.2 Å². The molecule has 0 saturated carbocycles. The standard InChI is InChI=1S/C30H34N2O6S/c1-9-38-29(34)26-18(5)31-30-32(27(26)21-11-10-20(35-6)15-24(21)37-8)28(33)25(39-30)14-19-13-22(16(2)3)23(36-7)12-17(19)4/h10-16,27H,9H2,1-8H3/b25-14-/t27-/m0/s1. The fourth-order valence-corrected chi connectivity index (χ4v) is 5.81. The third-order valence-corrected chi connectivity index (χ3v) is 7.76. The minimum atomic E-state index is -0.786.